The number of halogens is 2. The quantitative estimate of drug-likeness (QED) is 0.324. The van der Waals surface area contributed by atoms with E-state index in [0.29, 0.717) is 5.92 Å². The summed E-state index contributed by atoms with van der Waals surface area (Å²) in [5.41, 5.74) is 5.44. The molecular weight excluding hydrogens is 466 g/mol. The predicted octanol–water partition coefficient (Wildman–Crippen LogP) is 7.66. The lowest BCUT2D eigenvalue weighted by molar-refractivity contribution is -0.118. The zero-order valence-electron chi connectivity index (χ0n) is 22.1. The molecule has 1 fully saturated rings. The Labute approximate surface area is 219 Å². The van der Waals surface area contributed by atoms with E-state index < -0.39 is 0 Å². The van der Waals surface area contributed by atoms with Gasteiger partial charge in [0.1, 0.15) is 11.6 Å². The first kappa shape index (κ1) is 27.0. The molecule has 0 spiro atoms. The number of hydrogen-bond acceptors (Lipinski definition) is 2. The van der Waals surface area contributed by atoms with Crippen LogP contribution < -0.4 is 5.32 Å². The maximum Gasteiger partial charge on any atom is 0.226 e. The highest BCUT2D eigenvalue weighted by molar-refractivity contribution is 5.92. The van der Waals surface area contributed by atoms with Crippen molar-refractivity contribution in [3.8, 4) is 0 Å². The van der Waals surface area contributed by atoms with Gasteiger partial charge in [-0.3, -0.25) is 4.79 Å². The molecular formula is C32H38F2N2O. The van der Waals surface area contributed by atoms with Crippen molar-refractivity contribution >= 4 is 11.6 Å². The number of piperidine rings is 1. The lowest BCUT2D eigenvalue weighted by atomic mass is 9.86. The molecule has 37 heavy (non-hydrogen) atoms. The summed E-state index contributed by atoms with van der Waals surface area (Å²) in [4.78, 5) is 14.7. The molecule has 0 bridgehead atoms. The van der Waals surface area contributed by atoms with Gasteiger partial charge in [-0.2, -0.15) is 0 Å². The number of anilines is 1. The molecule has 5 heteroatoms. The largest absolute Gasteiger partial charge is 0.326 e. The minimum Gasteiger partial charge on any atom is -0.326 e. The monoisotopic (exact) mass is 504 g/mol. The number of nitrogens with one attached hydrogen (secondary N) is 1. The van der Waals surface area contributed by atoms with Crippen molar-refractivity contribution in [2.75, 3.05) is 25.0 Å². The summed E-state index contributed by atoms with van der Waals surface area (Å²) in [6, 6.07) is 19.8. The fourth-order valence-electron chi connectivity index (χ4n) is 5.23. The molecule has 0 radical (unpaired) electrons. The van der Waals surface area contributed by atoms with Crippen LogP contribution in [-0.2, 0) is 4.79 Å². The highest BCUT2D eigenvalue weighted by atomic mass is 19.1. The van der Waals surface area contributed by atoms with Crippen molar-refractivity contribution < 1.29 is 13.6 Å². The Kier molecular flexibility index (Phi) is 9.09. The van der Waals surface area contributed by atoms with Crippen LogP contribution in [-0.4, -0.2) is 30.4 Å². The second-order valence-corrected chi connectivity index (χ2v) is 10.6. The second kappa shape index (κ2) is 12.5. The maximum atomic E-state index is 13.5. The Morgan fingerprint density at radius 3 is 2.03 bits per heavy atom. The first-order chi connectivity index (χ1) is 17.8. The Bertz CT molecular complexity index is 1120. The van der Waals surface area contributed by atoms with Gasteiger partial charge in [0, 0.05) is 17.5 Å². The summed E-state index contributed by atoms with van der Waals surface area (Å²) >= 11 is 0. The minimum absolute atomic E-state index is 0.0444. The van der Waals surface area contributed by atoms with Crippen LogP contribution in [0.25, 0.3) is 0 Å². The number of carbonyl (C=O) groups excluding carboxylic acids is 1. The number of likely N-dealkylation sites (tertiary alicyclic amines) is 1. The Morgan fingerprint density at radius 2 is 1.49 bits per heavy atom. The normalized spacial score (nSPS) is 14.9. The SMILES string of the molecule is Cc1ccc(C2CCN(CCCC(c3ccc(F)cc3)c3ccc(F)cc3)CC2)cc1NC(=O)C(C)C. The van der Waals surface area contributed by atoms with Crippen LogP contribution in [0, 0.1) is 24.5 Å². The summed E-state index contributed by atoms with van der Waals surface area (Å²) in [7, 11) is 0. The molecule has 1 saturated heterocycles. The number of hydrogen-bond donors (Lipinski definition) is 1. The fraction of sp³-hybridized carbons (Fsp3) is 0.406. The molecule has 196 valence electrons. The first-order valence-electron chi connectivity index (χ1n) is 13.4. The minimum atomic E-state index is -0.243. The van der Waals surface area contributed by atoms with E-state index in [9.17, 15) is 13.6 Å². The van der Waals surface area contributed by atoms with Crippen molar-refractivity contribution in [2.24, 2.45) is 5.92 Å². The van der Waals surface area contributed by atoms with E-state index in [1.54, 1.807) is 0 Å². The van der Waals surface area contributed by atoms with Gasteiger partial charge >= 0.3 is 0 Å². The van der Waals surface area contributed by atoms with E-state index in [2.05, 4.69) is 28.4 Å². The highest BCUT2D eigenvalue weighted by Crippen LogP contribution is 2.33. The van der Waals surface area contributed by atoms with Gasteiger partial charge in [-0.1, -0.05) is 50.2 Å². The molecule has 1 N–H and O–H groups in total. The van der Waals surface area contributed by atoms with Gasteiger partial charge in [0.05, 0.1) is 0 Å². The number of rotatable bonds is 9. The molecule has 0 unspecified atom stereocenters. The van der Waals surface area contributed by atoms with E-state index in [0.717, 1.165) is 67.7 Å². The molecule has 1 amide bonds. The molecule has 1 heterocycles. The summed E-state index contributed by atoms with van der Waals surface area (Å²) in [6.45, 7) is 8.95. The lowest BCUT2D eigenvalue weighted by Crippen LogP contribution is -2.33. The predicted molar refractivity (Wildman–Crippen MR) is 147 cm³/mol. The second-order valence-electron chi connectivity index (χ2n) is 10.6. The molecule has 3 aromatic rings. The van der Waals surface area contributed by atoms with Crippen LogP contribution in [0.1, 0.15) is 73.6 Å². The number of benzene rings is 3. The highest BCUT2D eigenvalue weighted by Gasteiger charge is 2.22. The first-order valence-corrected chi connectivity index (χ1v) is 13.4. The number of carbonyl (C=O) groups is 1. The van der Waals surface area contributed by atoms with Crippen LogP contribution >= 0.6 is 0 Å². The Morgan fingerprint density at radius 1 is 0.919 bits per heavy atom. The van der Waals surface area contributed by atoms with E-state index in [1.165, 1.54) is 29.8 Å². The third-order valence-electron chi connectivity index (χ3n) is 7.61. The number of nitrogens with zero attached hydrogens (tertiary/aromatic N) is 1. The number of amides is 1. The smallest absolute Gasteiger partial charge is 0.226 e. The van der Waals surface area contributed by atoms with Crippen LogP contribution in [0.5, 0.6) is 0 Å². The molecule has 3 aromatic carbocycles. The van der Waals surface area contributed by atoms with Crippen molar-refractivity contribution in [1.82, 2.24) is 4.90 Å². The summed E-state index contributed by atoms with van der Waals surface area (Å²) in [5.74, 6) is 0.134. The average molecular weight is 505 g/mol. The van der Waals surface area contributed by atoms with Crippen molar-refractivity contribution in [3.63, 3.8) is 0 Å². The van der Waals surface area contributed by atoms with Gasteiger partial charge in [-0.25, -0.2) is 8.78 Å². The summed E-state index contributed by atoms with van der Waals surface area (Å²) < 4.78 is 27.0. The molecule has 1 aliphatic rings. The Balaban J connectivity index is 1.32. The van der Waals surface area contributed by atoms with E-state index in [1.807, 2.05) is 45.0 Å². The molecule has 0 saturated carbocycles. The molecule has 4 rings (SSSR count). The van der Waals surface area contributed by atoms with Gasteiger partial charge in [0.25, 0.3) is 0 Å². The van der Waals surface area contributed by atoms with Crippen molar-refractivity contribution in [3.05, 3.63) is 101 Å². The summed E-state index contributed by atoms with van der Waals surface area (Å²) in [5, 5.41) is 3.08. The summed E-state index contributed by atoms with van der Waals surface area (Å²) in [6.07, 6.45) is 4.13. The van der Waals surface area contributed by atoms with Crippen molar-refractivity contribution in [2.45, 2.75) is 58.3 Å². The van der Waals surface area contributed by atoms with Gasteiger partial charge in [-0.05, 0) is 111 Å². The fourth-order valence-corrected chi connectivity index (χ4v) is 5.23. The molecule has 0 atom stereocenters. The molecule has 3 nitrogen and oxygen atoms in total. The molecule has 1 aliphatic heterocycles. The van der Waals surface area contributed by atoms with Crippen LogP contribution in [0.4, 0.5) is 14.5 Å². The maximum absolute atomic E-state index is 13.5. The zero-order chi connectivity index (χ0) is 26.4. The topological polar surface area (TPSA) is 32.3 Å². The lowest BCUT2D eigenvalue weighted by Gasteiger charge is -2.33. The average Bonchev–Trinajstić information content (AvgIpc) is 2.89. The van der Waals surface area contributed by atoms with Gasteiger partial charge in [0.2, 0.25) is 5.91 Å². The van der Waals surface area contributed by atoms with E-state index in [4.69, 9.17) is 0 Å². The van der Waals surface area contributed by atoms with Crippen LogP contribution in [0.2, 0.25) is 0 Å². The van der Waals surface area contributed by atoms with Crippen LogP contribution in [0.3, 0.4) is 0 Å². The molecule has 0 aliphatic carbocycles. The third-order valence-corrected chi connectivity index (χ3v) is 7.61. The third kappa shape index (κ3) is 7.26. The van der Waals surface area contributed by atoms with E-state index in [-0.39, 0.29) is 29.4 Å². The van der Waals surface area contributed by atoms with Gasteiger partial charge in [0.15, 0.2) is 0 Å². The zero-order valence-corrected chi connectivity index (χ0v) is 22.1. The Hall–Kier alpha value is -3.05. The van der Waals surface area contributed by atoms with Crippen LogP contribution in [0.15, 0.2) is 66.7 Å². The van der Waals surface area contributed by atoms with Crippen molar-refractivity contribution in [1.29, 1.82) is 0 Å². The van der Waals surface area contributed by atoms with E-state index >= 15 is 0 Å². The number of aryl methyl sites for hydroxylation is 1. The van der Waals surface area contributed by atoms with Gasteiger partial charge in [-0.15, -0.1) is 0 Å². The standard InChI is InChI=1S/C32H38F2N2O/c1-22(2)32(37)35-31-21-27(7-6-23(31)3)24-16-19-36(20-17-24)18-4-5-30(25-8-12-28(33)13-9-25)26-10-14-29(34)15-11-26/h6-15,21-22,24,30H,4-5,16-20H2,1-3H3,(H,35,37). The van der Waals surface area contributed by atoms with Gasteiger partial charge < -0.3 is 10.2 Å². The molecule has 0 aromatic heterocycles.